The Morgan fingerprint density at radius 1 is 1.12 bits per heavy atom. The molecule has 136 valence electrons. The fourth-order valence-corrected chi connectivity index (χ4v) is 4.47. The number of benzene rings is 2. The van der Waals surface area contributed by atoms with Gasteiger partial charge < -0.3 is 4.90 Å². The van der Waals surface area contributed by atoms with Crippen molar-refractivity contribution >= 4 is 33.1 Å². The van der Waals surface area contributed by atoms with Crippen molar-refractivity contribution in [1.29, 1.82) is 0 Å². The van der Waals surface area contributed by atoms with E-state index in [4.69, 9.17) is 0 Å². The zero-order chi connectivity index (χ0) is 19.1. The maximum absolute atomic E-state index is 12.8. The highest BCUT2D eigenvalue weighted by molar-refractivity contribution is 7.92. The summed E-state index contributed by atoms with van der Waals surface area (Å²) in [5.41, 5.74) is 2.12. The number of ketones is 1. The van der Waals surface area contributed by atoms with Crippen molar-refractivity contribution in [3.05, 3.63) is 53.6 Å². The van der Waals surface area contributed by atoms with Crippen LogP contribution in [0.5, 0.6) is 0 Å². The first-order valence-electron chi connectivity index (χ1n) is 8.26. The van der Waals surface area contributed by atoms with Gasteiger partial charge in [-0.25, -0.2) is 8.42 Å². The summed E-state index contributed by atoms with van der Waals surface area (Å²) in [5, 5.41) is 0. The molecule has 0 aliphatic carbocycles. The summed E-state index contributed by atoms with van der Waals surface area (Å²) in [6.07, 6.45) is 0.600. The van der Waals surface area contributed by atoms with E-state index in [-0.39, 0.29) is 28.3 Å². The van der Waals surface area contributed by atoms with Crippen LogP contribution in [-0.2, 0) is 21.2 Å². The average molecular weight is 372 g/mol. The smallest absolute Gasteiger partial charge is 0.261 e. The number of nitrogens with one attached hydrogen (secondary N) is 1. The van der Waals surface area contributed by atoms with Gasteiger partial charge in [0.05, 0.1) is 10.6 Å². The quantitative estimate of drug-likeness (QED) is 0.837. The summed E-state index contributed by atoms with van der Waals surface area (Å²) in [7, 11) is -3.85. The van der Waals surface area contributed by atoms with Gasteiger partial charge in [-0.05, 0) is 56.2 Å². The molecule has 7 heteroatoms. The van der Waals surface area contributed by atoms with Gasteiger partial charge in [-0.2, -0.15) is 0 Å². The fourth-order valence-electron chi connectivity index (χ4n) is 3.34. The molecule has 0 saturated heterocycles. The first-order valence-corrected chi connectivity index (χ1v) is 9.74. The van der Waals surface area contributed by atoms with Crippen molar-refractivity contribution in [2.45, 2.75) is 38.1 Å². The summed E-state index contributed by atoms with van der Waals surface area (Å²) < 4.78 is 28.0. The number of rotatable bonds is 4. The Morgan fingerprint density at radius 2 is 1.81 bits per heavy atom. The number of fused-ring (bicyclic) bond motifs is 1. The number of nitrogens with zero attached hydrogens (tertiary/aromatic N) is 1. The number of anilines is 2. The van der Waals surface area contributed by atoms with Crippen molar-refractivity contribution in [3.8, 4) is 0 Å². The molecule has 0 aromatic heterocycles. The number of hydrogen-bond donors (Lipinski definition) is 1. The molecule has 2 aromatic carbocycles. The highest BCUT2D eigenvalue weighted by Crippen LogP contribution is 2.34. The number of hydrogen-bond acceptors (Lipinski definition) is 4. The highest BCUT2D eigenvalue weighted by Gasteiger charge is 2.30. The zero-order valence-electron chi connectivity index (χ0n) is 14.8. The molecule has 1 atom stereocenters. The van der Waals surface area contributed by atoms with Crippen LogP contribution < -0.4 is 9.62 Å². The summed E-state index contributed by atoms with van der Waals surface area (Å²) in [6.45, 7) is 4.81. The monoisotopic (exact) mass is 372 g/mol. The Morgan fingerprint density at radius 3 is 2.46 bits per heavy atom. The van der Waals surface area contributed by atoms with E-state index in [0.717, 1.165) is 11.3 Å². The van der Waals surface area contributed by atoms with Gasteiger partial charge in [0, 0.05) is 24.2 Å². The van der Waals surface area contributed by atoms with E-state index >= 15 is 0 Å². The third-order valence-corrected chi connectivity index (χ3v) is 5.83. The normalized spacial score (nSPS) is 16.3. The Labute approximate surface area is 152 Å². The molecule has 0 saturated carbocycles. The van der Waals surface area contributed by atoms with Gasteiger partial charge in [0.25, 0.3) is 10.0 Å². The molecule has 0 fully saturated rings. The predicted molar refractivity (Wildman–Crippen MR) is 100 cm³/mol. The maximum Gasteiger partial charge on any atom is 0.261 e. The number of sulfonamides is 1. The molecule has 1 heterocycles. The van der Waals surface area contributed by atoms with Gasteiger partial charge in [-0.1, -0.05) is 12.1 Å². The molecule has 1 aliphatic heterocycles. The van der Waals surface area contributed by atoms with E-state index in [9.17, 15) is 18.0 Å². The van der Waals surface area contributed by atoms with Gasteiger partial charge in [0.2, 0.25) is 5.91 Å². The Balaban J connectivity index is 1.97. The lowest BCUT2D eigenvalue weighted by molar-refractivity contribution is -0.116. The second kappa shape index (κ2) is 6.57. The molecule has 6 nitrogen and oxygen atoms in total. The van der Waals surface area contributed by atoms with Crippen LogP contribution in [0.15, 0.2) is 47.4 Å². The van der Waals surface area contributed by atoms with Gasteiger partial charge in [0.15, 0.2) is 5.78 Å². The number of carbonyl (C=O) groups excluding carboxylic acids is 2. The first-order chi connectivity index (χ1) is 12.2. The topological polar surface area (TPSA) is 83.6 Å². The van der Waals surface area contributed by atoms with Crippen molar-refractivity contribution < 1.29 is 18.0 Å². The summed E-state index contributed by atoms with van der Waals surface area (Å²) >= 11 is 0. The van der Waals surface area contributed by atoms with Crippen LogP contribution in [0.2, 0.25) is 0 Å². The van der Waals surface area contributed by atoms with Crippen LogP contribution >= 0.6 is 0 Å². The standard InChI is InChI=1S/C19H20N2O4S/c1-12-10-15-11-16(8-9-19(15)21(12)14(3)23)26(24,25)20-18-7-5-4-6-17(18)13(2)22/h4-9,11-12,20H,10H2,1-3H3/t12-/m1/s1. The van der Waals surface area contributed by atoms with Crippen molar-refractivity contribution in [3.63, 3.8) is 0 Å². The van der Waals surface area contributed by atoms with Gasteiger partial charge >= 0.3 is 0 Å². The van der Waals surface area contributed by atoms with Gasteiger partial charge in [-0.15, -0.1) is 0 Å². The molecule has 0 bridgehead atoms. The Hall–Kier alpha value is -2.67. The van der Waals surface area contributed by atoms with E-state index in [0.29, 0.717) is 12.0 Å². The number of Topliss-reactive ketones (excluding diaryl/α,β-unsaturated/α-hetero) is 1. The number of carbonyl (C=O) groups is 2. The minimum Gasteiger partial charge on any atom is -0.309 e. The second-order valence-corrected chi connectivity index (χ2v) is 8.12. The van der Waals surface area contributed by atoms with Crippen LogP contribution in [0, 0.1) is 0 Å². The third kappa shape index (κ3) is 3.22. The lowest BCUT2D eigenvalue weighted by atomic mass is 10.1. The van der Waals surface area contributed by atoms with Crippen LogP contribution in [0.25, 0.3) is 0 Å². The maximum atomic E-state index is 12.8. The second-order valence-electron chi connectivity index (χ2n) is 6.44. The van der Waals surface area contributed by atoms with E-state index in [2.05, 4.69) is 4.72 Å². The molecule has 26 heavy (non-hydrogen) atoms. The summed E-state index contributed by atoms with van der Waals surface area (Å²) in [4.78, 5) is 25.3. The van der Waals surface area contributed by atoms with Crippen LogP contribution in [0.1, 0.15) is 36.7 Å². The number of para-hydroxylation sites is 1. The molecule has 1 amide bonds. The van der Waals surface area contributed by atoms with Gasteiger partial charge in [0.1, 0.15) is 0 Å². The summed E-state index contributed by atoms with van der Waals surface area (Å²) in [5.74, 6) is -0.288. The molecule has 1 aliphatic rings. The largest absolute Gasteiger partial charge is 0.309 e. The lowest BCUT2D eigenvalue weighted by Gasteiger charge is -2.20. The van der Waals surface area contributed by atoms with Crippen molar-refractivity contribution in [2.75, 3.05) is 9.62 Å². The van der Waals surface area contributed by atoms with Crippen LogP contribution in [-0.4, -0.2) is 26.2 Å². The lowest BCUT2D eigenvalue weighted by Crippen LogP contribution is -2.33. The molecule has 1 N–H and O–H groups in total. The molecular weight excluding hydrogens is 352 g/mol. The molecule has 2 aromatic rings. The zero-order valence-corrected chi connectivity index (χ0v) is 15.6. The predicted octanol–water partition coefficient (Wildman–Crippen LogP) is 2.99. The van der Waals surface area contributed by atoms with Crippen molar-refractivity contribution in [1.82, 2.24) is 0 Å². The highest BCUT2D eigenvalue weighted by atomic mass is 32.2. The third-order valence-electron chi connectivity index (χ3n) is 4.47. The first kappa shape index (κ1) is 18.1. The van der Waals surface area contributed by atoms with E-state index in [1.54, 1.807) is 41.3 Å². The average Bonchev–Trinajstić information content (AvgIpc) is 2.89. The van der Waals surface area contributed by atoms with Crippen LogP contribution in [0.3, 0.4) is 0 Å². The Bertz CT molecular complexity index is 998. The molecule has 0 spiro atoms. The Kier molecular flexibility index (Phi) is 4.58. The van der Waals surface area contributed by atoms with Crippen molar-refractivity contribution in [2.24, 2.45) is 0 Å². The number of amides is 1. The SMILES string of the molecule is CC(=O)c1ccccc1NS(=O)(=O)c1ccc2c(c1)C[C@@H](C)N2C(C)=O. The fraction of sp³-hybridized carbons (Fsp3) is 0.263. The molecular formula is C19H20N2O4S. The van der Waals surface area contributed by atoms with E-state index < -0.39 is 10.0 Å². The summed E-state index contributed by atoms with van der Waals surface area (Å²) in [6, 6.07) is 11.2. The van der Waals surface area contributed by atoms with E-state index in [1.807, 2.05) is 6.92 Å². The van der Waals surface area contributed by atoms with Crippen LogP contribution in [0.4, 0.5) is 11.4 Å². The molecule has 3 rings (SSSR count). The molecule has 0 unspecified atom stereocenters. The molecule has 0 radical (unpaired) electrons. The minimum atomic E-state index is -3.85. The van der Waals surface area contributed by atoms with Gasteiger partial charge in [-0.3, -0.25) is 14.3 Å². The minimum absolute atomic E-state index is 0.00754. The van der Waals surface area contributed by atoms with E-state index in [1.165, 1.54) is 19.9 Å².